The number of aromatic nitrogens is 6. The average molecular weight is 1140 g/mol. The number of hydrogen-bond donors (Lipinski definition) is 7. The molecule has 420 valence electrons. The molecule has 0 aliphatic carbocycles. The van der Waals surface area contributed by atoms with Crippen molar-refractivity contribution in [3.8, 4) is 34.3 Å². The van der Waals surface area contributed by atoms with Gasteiger partial charge in [-0.15, -0.1) is 12.4 Å². The quantitative estimate of drug-likeness (QED) is 0.0473. The van der Waals surface area contributed by atoms with Crippen molar-refractivity contribution in [2.45, 2.75) is 114 Å². The molecule has 24 heteroatoms. The molecule has 0 unspecified atom stereocenters. The molecule has 0 spiro atoms. The van der Waals surface area contributed by atoms with Gasteiger partial charge in [0, 0.05) is 50.3 Å². The lowest BCUT2D eigenvalue weighted by atomic mass is 9.93. The third kappa shape index (κ3) is 14.8. The minimum absolute atomic E-state index is 0. The number of hydrogen-bond acceptors (Lipinski definition) is 15. The van der Waals surface area contributed by atoms with Crippen LogP contribution in [-0.4, -0.2) is 135 Å². The third-order valence-electron chi connectivity index (χ3n) is 13.4. The molecule has 8 rings (SSSR count). The second-order valence-corrected chi connectivity index (χ2v) is 23.5. The van der Waals surface area contributed by atoms with E-state index in [0.717, 1.165) is 75.6 Å². The molecular formula is C52H74Cl2N8O12S2. The Labute approximate surface area is 454 Å². The highest BCUT2D eigenvalue weighted by Crippen LogP contribution is 2.35. The number of nitrogens with zero attached hydrogens (tertiary/aromatic N) is 5. The van der Waals surface area contributed by atoms with Crippen LogP contribution in [0.2, 0.25) is 0 Å². The molecule has 20 nitrogen and oxygen atoms in total. The molecule has 4 aromatic heterocycles. The zero-order chi connectivity index (χ0) is 54.6. The molecule has 0 radical (unpaired) electrons. The van der Waals surface area contributed by atoms with Crippen molar-refractivity contribution in [2.24, 2.45) is 25.9 Å². The van der Waals surface area contributed by atoms with Gasteiger partial charge < -0.3 is 54.3 Å². The van der Waals surface area contributed by atoms with E-state index in [9.17, 15) is 41.7 Å². The standard InChI is InChI=1S/C26H36N4O6S.C19H22ClN3O4S.C7H15NO2.ClH/c1-4-6-18-15-29(3)24-23(18)27-25(28-26(24)33)20-14-19(7-8-22(20)36-13-5-2)37(34,35)30-11-9-17(10-12-30)21(32)16-31;1-4-6-12-11-23(3)17-16(12)21-18(22-19(17)24)14-10-13(28(20,25)26)7-8-15(14)27-9-5-2;9-5-7(10)6-1-3-8-4-2-6;/h7-8,14-15,17,21,31-32H,4-6,9-13,16H2,1-3H3,(H,27,28,33);7-8,10-11H,4-6,9H2,1-3H3,(H,21,22,24);6-10H,1-5H2;1H/t21-;;7-;/m1.1./s1. The summed E-state index contributed by atoms with van der Waals surface area (Å²) in [7, 11) is 1.33. The van der Waals surface area contributed by atoms with Gasteiger partial charge in [0.25, 0.3) is 20.2 Å². The maximum Gasteiger partial charge on any atom is 0.275 e. The van der Waals surface area contributed by atoms with Crippen molar-refractivity contribution >= 4 is 64.2 Å². The lowest BCUT2D eigenvalue weighted by molar-refractivity contribution is 0.0278. The fraction of sp³-hybridized carbons (Fsp3) is 0.538. The van der Waals surface area contributed by atoms with E-state index in [1.807, 2.05) is 33.3 Å². The van der Waals surface area contributed by atoms with Crippen LogP contribution < -0.4 is 25.9 Å². The van der Waals surface area contributed by atoms with E-state index in [0.29, 0.717) is 76.7 Å². The largest absolute Gasteiger partial charge is 0.493 e. The zero-order valence-corrected chi connectivity index (χ0v) is 47.3. The summed E-state index contributed by atoms with van der Waals surface area (Å²) in [6.45, 7) is 10.9. The van der Waals surface area contributed by atoms with Crippen LogP contribution in [0, 0.1) is 11.8 Å². The molecule has 2 atom stereocenters. The van der Waals surface area contributed by atoms with E-state index in [4.69, 9.17) is 30.2 Å². The molecule has 6 heterocycles. The fourth-order valence-electron chi connectivity index (χ4n) is 9.47. The molecular weight excluding hydrogens is 1060 g/mol. The van der Waals surface area contributed by atoms with Crippen LogP contribution >= 0.6 is 23.1 Å². The first-order chi connectivity index (χ1) is 35.8. The van der Waals surface area contributed by atoms with Crippen LogP contribution in [0.15, 0.2) is 68.2 Å². The first-order valence-corrected chi connectivity index (χ1v) is 29.5. The van der Waals surface area contributed by atoms with Crippen LogP contribution in [0.25, 0.3) is 44.8 Å². The summed E-state index contributed by atoms with van der Waals surface area (Å²) in [5.41, 5.74) is 4.25. The zero-order valence-electron chi connectivity index (χ0n) is 44.0. The van der Waals surface area contributed by atoms with Crippen molar-refractivity contribution < 1.29 is 46.7 Å². The Morgan fingerprint density at radius 3 is 1.50 bits per heavy atom. The number of nitrogens with one attached hydrogen (secondary N) is 3. The minimum atomic E-state index is -3.94. The number of sulfonamides is 1. The van der Waals surface area contributed by atoms with E-state index in [1.165, 1.54) is 34.6 Å². The Morgan fingerprint density at radius 1 is 0.671 bits per heavy atom. The SMILES string of the molecule is CCCOc1ccc(S(=O)(=O)Cl)cc1-c1nc2c(CCC)cn(C)c2c(=O)[nH]1.CCCOc1ccc(S(=O)(=O)N2CCC([C@H](O)CO)CC2)cc1-c1nc2c(CCC)cn(C)c2c(=O)[nH]1.Cl.OC[C@@H](O)C1CCNCC1. The number of H-pyrrole nitrogens is 2. The number of fused-ring (bicyclic) bond motifs is 2. The normalized spacial score (nSPS) is 15.6. The van der Waals surface area contributed by atoms with Gasteiger partial charge in [-0.3, -0.25) is 9.59 Å². The fourth-order valence-corrected chi connectivity index (χ4v) is 11.7. The van der Waals surface area contributed by atoms with Crippen LogP contribution in [0.4, 0.5) is 0 Å². The topological polar surface area (TPSA) is 284 Å². The molecule has 76 heavy (non-hydrogen) atoms. The summed E-state index contributed by atoms with van der Waals surface area (Å²) in [6, 6.07) is 8.92. The number of benzene rings is 2. The number of aliphatic hydroxyl groups is 4. The molecule has 6 aromatic rings. The van der Waals surface area contributed by atoms with Crippen LogP contribution in [0.1, 0.15) is 90.2 Å². The van der Waals surface area contributed by atoms with Crippen molar-refractivity contribution in [3.63, 3.8) is 0 Å². The number of rotatable bonds is 19. The second-order valence-electron chi connectivity index (χ2n) is 19.0. The van der Waals surface area contributed by atoms with E-state index in [-0.39, 0.29) is 77.2 Å². The lowest BCUT2D eigenvalue weighted by Crippen LogP contribution is -2.41. The Morgan fingerprint density at radius 2 is 1.09 bits per heavy atom. The van der Waals surface area contributed by atoms with Gasteiger partial charge in [-0.25, -0.2) is 26.8 Å². The molecule has 2 saturated heterocycles. The molecule has 0 saturated carbocycles. The van der Waals surface area contributed by atoms with Crippen molar-refractivity contribution in [1.82, 2.24) is 38.7 Å². The van der Waals surface area contributed by atoms with Crippen molar-refractivity contribution in [3.05, 3.63) is 80.6 Å². The summed E-state index contributed by atoms with van der Waals surface area (Å²) >= 11 is 0. The maximum atomic E-state index is 13.5. The molecule has 2 fully saturated rings. The van der Waals surface area contributed by atoms with Gasteiger partial charge in [0.2, 0.25) is 10.0 Å². The molecule has 7 N–H and O–H groups in total. The number of aliphatic hydroxyl groups excluding tert-OH is 4. The second kappa shape index (κ2) is 28.1. The number of aryl methyl sites for hydroxylation is 4. The van der Waals surface area contributed by atoms with E-state index >= 15 is 0 Å². The Kier molecular flexibility index (Phi) is 22.9. The van der Waals surface area contributed by atoms with Gasteiger partial charge in [0.1, 0.15) is 34.2 Å². The number of halogens is 2. The Balaban J connectivity index is 0.000000240. The molecule has 0 bridgehead atoms. The number of piperidine rings is 2. The van der Waals surface area contributed by atoms with Gasteiger partial charge in [-0.05, 0) is 124 Å². The molecule has 0 amide bonds. The van der Waals surface area contributed by atoms with Gasteiger partial charge in [0.05, 0.1) is 70.6 Å². The van der Waals surface area contributed by atoms with Crippen LogP contribution in [0.5, 0.6) is 11.5 Å². The summed E-state index contributed by atoms with van der Waals surface area (Å²) in [4.78, 5) is 40.8. The Bertz CT molecular complexity index is 3220. The summed E-state index contributed by atoms with van der Waals surface area (Å²) in [5, 5.41) is 40.2. The smallest absolute Gasteiger partial charge is 0.275 e. The third-order valence-corrected chi connectivity index (χ3v) is 16.7. The number of aromatic amines is 2. The monoisotopic (exact) mass is 1140 g/mol. The highest BCUT2D eigenvalue weighted by atomic mass is 35.7. The minimum Gasteiger partial charge on any atom is -0.493 e. The highest BCUT2D eigenvalue weighted by molar-refractivity contribution is 8.13. The lowest BCUT2D eigenvalue weighted by Gasteiger charge is -2.33. The Hall–Kier alpha value is -4.88. The highest BCUT2D eigenvalue weighted by Gasteiger charge is 2.33. The van der Waals surface area contributed by atoms with Gasteiger partial charge in [-0.2, -0.15) is 4.31 Å². The first-order valence-electron chi connectivity index (χ1n) is 25.8. The van der Waals surface area contributed by atoms with Crippen LogP contribution in [-0.2, 0) is 46.0 Å². The average Bonchev–Trinajstić information content (AvgIpc) is 3.91. The van der Waals surface area contributed by atoms with Gasteiger partial charge >= 0.3 is 0 Å². The van der Waals surface area contributed by atoms with Crippen molar-refractivity contribution in [2.75, 3.05) is 52.6 Å². The number of ether oxygens (including phenoxy) is 2. The predicted octanol–water partition coefficient (Wildman–Crippen LogP) is 5.78. The molecule has 2 aromatic carbocycles. The predicted molar refractivity (Wildman–Crippen MR) is 297 cm³/mol. The maximum absolute atomic E-state index is 13.5. The summed E-state index contributed by atoms with van der Waals surface area (Å²) < 4.78 is 67.2. The van der Waals surface area contributed by atoms with E-state index in [2.05, 4.69) is 34.1 Å². The first kappa shape index (κ1) is 62.0. The van der Waals surface area contributed by atoms with Gasteiger partial charge in [0.15, 0.2) is 0 Å². The van der Waals surface area contributed by atoms with E-state index in [1.54, 1.807) is 22.2 Å². The summed E-state index contributed by atoms with van der Waals surface area (Å²) in [5.74, 6) is 1.55. The molecule has 2 aliphatic rings. The van der Waals surface area contributed by atoms with Crippen LogP contribution in [0.3, 0.4) is 0 Å². The molecule has 2 aliphatic heterocycles. The van der Waals surface area contributed by atoms with E-state index < -0.39 is 31.3 Å². The van der Waals surface area contributed by atoms with Crippen molar-refractivity contribution in [1.29, 1.82) is 0 Å². The summed E-state index contributed by atoms with van der Waals surface area (Å²) in [6.07, 6.45) is 10.3. The van der Waals surface area contributed by atoms with Gasteiger partial charge in [-0.1, -0.05) is 40.5 Å².